The van der Waals surface area contributed by atoms with E-state index in [1.54, 1.807) is 0 Å². The summed E-state index contributed by atoms with van der Waals surface area (Å²) in [5.74, 6) is 0. The van der Waals surface area contributed by atoms with Gasteiger partial charge in [0.05, 0.1) is 27.7 Å². The van der Waals surface area contributed by atoms with Crippen LogP contribution in [0.25, 0.3) is 0 Å². The Bertz CT molecular complexity index is 223. The van der Waals surface area contributed by atoms with Crippen LogP contribution < -0.4 is 0 Å². The Kier molecular flexibility index (Phi) is 7.26. The molecule has 1 atom stereocenters. The molecule has 88 valence electrons. The van der Waals surface area contributed by atoms with Crippen molar-refractivity contribution in [2.24, 2.45) is 0 Å². The smallest absolute Gasteiger partial charge is 0.126 e. The first-order chi connectivity index (χ1) is 5.95. The molecule has 7 nitrogen and oxygen atoms in total. The molecule has 8 heteroatoms. The Morgan fingerprint density at radius 1 is 1.29 bits per heavy atom. The van der Waals surface area contributed by atoms with Gasteiger partial charge in [0.2, 0.25) is 0 Å². The van der Waals surface area contributed by atoms with Gasteiger partial charge in [-0.3, -0.25) is 8.42 Å². The van der Waals surface area contributed by atoms with Crippen LogP contribution in [0.4, 0.5) is 0 Å². The summed E-state index contributed by atoms with van der Waals surface area (Å²) in [6, 6.07) is 0. The van der Waals surface area contributed by atoms with Gasteiger partial charge in [-0.15, -0.1) is 0 Å². The first kappa shape index (κ1) is 16.2. The van der Waals surface area contributed by atoms with Gasteiger partial charge in [-0.05, 0) is 0 Å². The fraction of sp³-hybridized carbons (Fsp3) is 1.00. The van der Waals surface area contributed by atoms with E-state index in [0.717, 1.165) is 0 Å². The number of aliphatic hydroxyl groups is 2. The molecular formula is C6H16NO6S-. The second kappa shape index (κ2) is 6.27. The van der Waals surface area contributed by atoms with E-state index in [4.69, 9.17) is 27.7 Å². The zero-order valence-electron chi connectivity index (χ0n) is 8.37. The zero-order chi connectivity index (χ0) is 12.0. The summed E-state index contributed by atoms with van der Waals surface area (Å²) in [4.78, 5) is 0. The van der Waals surface area contributed by atoms with E-state index in [-0.39, 0.29) is 6.61 Å². The summed E-state index contributed by atoms with van der Waals surface area (Å²) in [6.45, 7) is 0.450. The Labute approximate surface area is 83.8 Å². The van der Waals surface area contributed by atoms with Crippen molar-refractivity contribution in [3.63, 3.8) is 0 Å². The predicted octanol–water partition coefficient (Wildman–Crippen LogP) is -2.29. The molecule has 14 heavy (non-hydrogen) atoms. The summed E-state index contributed by atoms with van der Waals surface area (Å²) in [7, 11) is 0.747. The van der Waals surface area contributed by atoms with Crippen LogP contribution in [0.1, 0.15) is 0 Å². The number of nitrogens with zero attached hydrogens (tertiary/aromatic N) is 1. The lowest BCUT2D eigenvalue weighted by molar-refractivity contribution is -0.873. The molecule has 0 radical (unpaired) electrons. The second-order valence-corrected chi connectivity index (χ2v) is 4.53. The van der Waals surface area contributed by atoms with Crippen LogP contribution in [0.3, 0.4) is 0 Å². The van der Waals surface area contributed by atoms with Gasteiger partial charge in [-0.25, -0.2) is 0 Å². The molecule has 0 aliphatic carbocycles. The lowest BCUT2D eigenvalue weighted by atomic mass is 10.3. The van der Waals surface area contributed by atoms with Crippen LogP contribution in [0.15, 0.2) is 0 Å². The van der Waals surface area contributed by atoms with Gasteiger partial charge in [0.1, 0.15) is 12.6 Å². The maximum atomic E-state index is 8.93. The predicted molar refractivity (Wildman–Crippen MR) is 46.5 cm³/mol. The summed E-state index contributed by atoms with van der Waals surface area (Å²) in [5.41, 5.74) is 0. The minimum Gasteiger partial charge on any atom is -0.759 e. The minimum atomic E-state index is -5.17. The van der Waals surface area contributed by atoms with Crippen molar-refractivity contribution in [1.29, 1.82) is 0 Å². The van der Waals surface area contributed by atoms with Crippen LogP contribution in [0.5, 0.6) is 0 Å². The van der Waals surface area contributed by atoms with Gasteiger partial charge in [-0.2, -0.15) is 0 Å². The topological polar surface area (TPSA) is 121 Å². The lowest BCUT2D eigenvalue weighted by Crippen LogP contribution is -2.42. The molecule has 0 bridgehead atoms. The van der Waals surface area contributed by atoms with Crippen molar-refractivity contribution < 1.29 is 32.2 Å². The highest BCUT2D eigenvalue weighted by Crippen LogP contribution is 1.92. The molecule has 0 saturated carbocycles. The molecule has 2 N–H and O–H groups in total. The molecule has 0 spiro atoms. The lowest BCUT2D eigenvalue weighted by Gasteiger charge is -2.25. The maximum Gasteiger partial charge on any atom is 0.126 e. The Morgan fingerprint density at radius 3 is 1.64 bits per heavy atom. The molecule has 0 rings (SSSR count). The molecule has 0 saturated heterocycles. The first-order valence-electron chi connectivity index (χ1n) is 3.72. The molecular weight excluding hydrogens is 214 g/mol. The van der Waals surface area contributed by atoms with Crippen molar-refractivity contribution in [2.45, 2.75) is 6.10 Å². The van der Waals surface area contributed by atoms with E-state index in [2.05, 4.69) is 0 Å². The second-order valence-electron chi connectivity index (χ2n) is 3.72. The van der Waals surface area contributed by atoms with Crippen LogP contribution >= 0.6 is 0 Å². The van der Waals surface area contributed by atoms with E-state index < -0.39 is 16.5 Å². The number of likely N-dealkylation sites (N-methyl/N-ethyl adjacent to an activating group) is 1. The summed E-state index contributed by atoms with van der Waals surface area (Å²) in [5, 5.41) is 17.4. The SMILES string of the molecule is C[N+](C)(C)CC(O)CO.O=S(=O)([O-])[O-]. The van der Waals surface area contributed by atoms with E-state index in [1.165, 1.54) is 0 Å². The van der Waals surface area contributed by atoms with Gasteiger partial charge in [0.15, 0.2) is 0 Å². The summed E-state index contributed by atoms with van der Waals surface area (Å²) >= 11 is 0. The van der Waals surface area contributed by atoms with Gasteiger partial charge in [0, 0.05) is 10.4 Å². The quantitative estimate of drug-likeness (QED) is 0.320. The molecule has 0 aromatic heterocycles. The van der Waals surface area contributed by atoms with E-state index in [9.17, 15) is 0 Å². The number of aliphatic hydroxyl groups excluding tert-OH is 2. The van der Waals surface area contributed by atoms with Crippen LogP contribution in [-0.2, 0) is 10.4 Å². The number of quaternary nitrogens is 1. The van der Waals surface area contributed by atoms with Gasteiger partial charge in [0.25, 0.3) is 0 Å². The van der Waals surface area contributed by atoms with Crippen molar-refractivity contribution >= 4 is 10.4 Å². The molecule has 1 unspecified atom stereocenters. The summed E-state index contributed by atoms with van der Waals surface area (Å²) in [6.07, 6.45) is -0.579. The molecule has 0 amide bonds. The highest BCUT2D eigenvalue weighted by atomic mass is 32.3. The molecule has 0 aliphatic heterocycles. The third-order valence-electron chi connectivity index (χ3n) is 0.969. The van der Waals surface area contributed by atoms with E-state index in [0.29, 0.717) is 11.0 Å². The molecule has 0 aliphatic rings. The Morgan fingerprint density at radius 2 is 1.57 bits per heavy atom. The van der Waals surface area contributed by atoms with Crippen molar-refractivity contribution in [1.82, 2.24) is 0 Å². The van der Waals surface area contributed by atoms with E-state index >= 15 is 0 Å². The largest absolute Gasteiger partial charge is 0.759 e. The van der Waals surface area contributed by atoms with Gasteiger partial charge in [-0.1, -0.05) is 0 Å². The third-order valence-corrected chi connectivity index (χ3v) is 0.969. The maximum absolute atomic E-state index is 8.93. The van der Waals surface area contributed by atoms with Crippen LogP contribution in [0, 0.1) is 0 Å². The average Bonchev–Trinajstić information content (AvgIpc) is 1.79. The van der Waals surface area contributed by atoms with Gasteiger partial charge >= 0.3 is 0 Å². The standard InChI is InChI=1S/C6H16NO2.H2O4S/c1-7(2,3)4-6(9)5-8;1-5(2,3)4/h6,8-9H,4-5H2,1-3H3;(H2,1,2,3,4)/q+1;/p-2. The van der Waals surface area contributed by atoms with Crippen molar-refractivity contribution in [3.05, 3.63) is 0 Å². The molecule has 0 fully saturated rings. The number of hydrogen-bond donors (Lipinski definition) is 2. The van der Waals surface area contributed by atoms with E-state index in [1.807, 2.05) is 21.1 Å². The normalized spacial score (nSPS) is 14.2. The fourth-order valence-corrected chi connectivity index (χ4v) is 0.690. The average molecular weight is 230 g/mol. The zero-order valence-corrected chi connectivity index (χ0v) is 9.19. The third kappa shape index (κ3) is 29.8. The Hall–Kier alpha value is -0.250. The molecule has 0 aromatic rings. The fourth-order valence-electron chi connectivity index (χ4n) is 0.690. The van der Waals surface area contributed by atoms with Crippen molar-refractivity contribution in [3.8, 4) is 0 Å². The minimum absolute atomic E-state index is 0.143. The highest BCUT2D eigenvalue weighted by molar-refractivity contribution is 7.79. The highest BCUT2D eigenvalue weighted by Gasteiger charge is 2.13. The monoisotopic (exact) mass is 230 g/mol. The van der Waals surface area contributed by atoms with Gasteiger partial charge < -0.3 is 23.8 Å². The summed E-state index contributed by atoms with van der Waals surface area (Å²) < 4.78 is 34.8. The molecule has 0 heterocycles. The van der Waals surface area contributed by atoms with Crippen LogP contribution in [0.2, 0.25) is 0 Å². The molecule has 0 aromatic carbocycles. The number of hydrogen-bond acceptors (Lipinski definition) is 6. The van der Waals surface area contributed by atoms with Crippen molar-refractivity contribution in [2.75, 3.05) is 34.3 Å². The Balaban J connectivity index is 0. The van der Waals surface area contributed by atoms with Crippen LogP contribution in [-0.4, -0.2) is 72.6 Å². The number of rotatable bonds is 3. The first-order valence-corrected chi connectivity index (χ1v) is 5.05.